The van der Waals surface area contributed by atoms with E-state index in [1.165, 1.54) is 0 Å². The average Bonchev–Trinajstić information content (AvgIpc) is 2.54. The summed E-state index contributed by atoms with van der Waals surface area (Å²) in [6, 6.07) is 0.0571. The van der Waals surface area contributed by atoms with Crippen molar-refractivity contribution in [3.8, 4) is 0 Å². The molecule has 1 unspecified atom stereocenters. The lowest BCUT2D eigenvalue weighted by Gasteiger charge is -2.35. The van der Waals surface area contributed by atoms with Gasteiger partial charge < -0.3 is 4.90 Å². The molecule has 2 rings (SSSR count). The Morgan fingerprint density at radius 1 is 1.24 bits per heavy atom. The van der Waals surface area contributed by atoms with E-state index in [1.54, 1.807) is 4.90 Å². The summed E-state index contributed by atoms with van der Waals surface area (Å²) in [6.07, 6.45) is -1.31. The molecule has 140 valence electrons. The number of allylic oxidation sites excluding steroid dienone is 4. The van der Waals surface area contributed by atoms with E-state index in [-0.39, 0.29) is 41.8 Å². The normalized spacial score (nSPS) is 21.0. The number of hydrogen-bond acceptors (Lipinski definition) is 1. The van der Waals surface area contributed by atoms with Crippen LogP contribution in [0, 0.1) is 0 Å². The standard InChI is InChI=1S/C18H22ClF4NO/c1-3-5-12(4-2)24-9-8-11(10-15(24)25)16-13(18(21,22)23)6-7-14(19)17(16)20/h10,12H,3-9H2,1-2H3. The van der Waals surface area contributed by atoms with Gasteiger partial charge in [0, 0.05) is 29.8 Å². The quantitative estimate of drug-likeness (QED) is 0.553. The van der Waals surface area contributed by atoms with Crippen molar-refractivity contribution in [1.82, 2.24) is 4.90 Å². The van der Waals surface area contributed by atoms with Crippen LogP contribution in [0.1, 0.15) is 52.4 Å². The second kappa shape index (κ2) is 7.94. The van der Waals surface area contributed by atoms with Crippen LogP contribution >= 0.6 is 11.6 Å². The first-order chi connectivity index (χ1) is 11.7. The first kappa shape index (κ1) is 20.0. The summed E-state index contributed by atoms with van der Waals surface area (Å²) < 4.78 is 54.3. The molecule has 0 aromatic heterocycles. The molecule has 25 heavy (non-hydrogen) atoms. The summed E-state index contributed by atoms with van der Waals surface area (Å²) in [5, 5.41) is -0.212. The molecule has 0 fully saturated rings. The van der Waals surface area contributed by atoms with E-state index in [1.807, 2.05) is 13.8 Å². The predicted octanol–water partition coefficient (Wildman–Crippen LogP) is 5.80. The van der Waals surface area contributed by atoms with Crippen LogP contribution < -0.4 is 0 Å². The summed E-state index contributed by atoms with van der Waals surface area (Å²) in [5.41, 5.74) is -1.36. The van der Waals surface area contributed by atoms with Crippen molar-refractivity contribution in [2.24, 2.45) is 0 Å². The molecule has 0 N–H and O–H groups in total. The van der Waals surface area contributed by atoms with Gasteiger partial charge in [-0.05, 0) is 37.7 Å². The highest BCUT2D eigenvalue weighted by molar-refractivity contribution is 6.30. The molecule has 2 nitrogen and oxygen atoms in total. The lowest BCUT2D eigenvalue weighted by molar-refractivity contribution is -0.129. The van der Waals surface area contributed by atoms with Gasteiger partial charge in [0.2, 0.25) is 5.91 Å². The highest BCUT2D eigenvalue weighted by Gasteiger charge is 2.41. The molecular formula is C18H22ClF4NO. The molecule has 1 atom stereocenters. The number of carbonyl (C=O) groups excluding carboxylic acids is 1. The minimum absolute atomic E-state index is 0.0571. The van der Waals surface area contributed by atoms with E-state index in [9.17, 15) is 22.4 Å². The van der Waals surface area contributed by atoms with Crippen molar-refractivity contribution in [3.05, 3.63) is 33.7 Å². The van der Waals surface area contributed by atoms with E-state index in [0.717, 1.165) is 25.3 Å². The fourth-order valence-corrected chi connectivity index (χ4v) is 3.67. The number of alkyl halides is 3. The summed E-state index contributed by atoms with van der Waals surface area (Å²) in [5.74, 6) is -1.40. The van der Waals surface area contributed by atoms with Crippen molar-refractivity contribution >= 4 is 17.5 Å². The van der Waals surface area contributed by atoms with E-state index in [4.69, 9.17) is 11.6 Å². The molecule has 0 aromatic rings. The second-order valence-electron chi connectivity index (χ2n) is 6.37. The molecule has 0 spiro atoms. The highest BCUT2D eigenvalue weighted by Crippen LogP contribution is 2.45. The van der Waals surface area contributed by atoms with Gasteiger partial charge in [0.1, 0.15) is 5.83 Å². The van der Waals surface area contributed by atoms with E-state index < -0.39 is 23.1 Å². The van der Waals surface area contributed by atoms with Gasteiger partial charge in [-0.2, -0.15) is 13.2 Å². The van der Waals surface area contributed by atoms with E-state index in [0.29, 0.717) is 6.54 Å². The molecule has 0 saturated carbocycles. The molecule has 0 aromatic carbocycles. The second-order valence-corrected chi connectivity index (χ2v) is 6.83. The Morgan fingerprint density at radius 3 is 2.44 bits per heavy atom. The number of rotatable bonds is 5. The smallest absolute Gasteiger partial charge is 0.336 e. The Balaban J connectivity index is 2.40. The zero-order valence-corrected chi connectivity index (χ0v) is 15.1. The van der Waals surface area contributed by atoms with Crippen LogP contribution in [0.4, 0.5) is 17.6 Å². The lowest BCUT2D eigenvalue weighted by atomic mass is 9.87. The third-order valence-electron chi connectivity index (χ3n) is 4.75. The van der Waals surface area contributed by atoms with Crippen molar-refractivity contribution in [2.45, 2.75) is 64.6 Å². The van der Waals surface area contributed by atoms with Crippen molar-refractivity contribution < 1.29 is 22.4 Å². The van der Waals surface area contributed by atoms with Crippen molar-refractivity contribution in [3.63, 3.8) is 0 Å². The van der Waals surface area contributed by atoms with Gasteiger partial charge in [-0.1, -0.05) is 31.9 Å². The number of amides is 1. The van der Waals surface area contributed by atoms with Crippen LogP contribution in [-0.4, -0.2) is 29.6 Å². The monoisotopic (exact) mass is 379 g/mol. The molecule has 7 heteroatoms. The van der Waals surface area contributed by atoms with Gasteiger partial charge >= 0.3 is 6.18 Å². The van der Waals surface area contributed by atoms with Gasteiger partial charge in [-0.25, -0.2) is 4.39 Å². The van der Waals surface area contributed by atoms with Crippen LogP contribution in [0.15, 0.2) is 33.7 Å². The number of carbonyl (C=O) groups is 1. The van der Waals surface area contributed by atoms with Crippen molar-refractivity contribution in [1.29, 1.82) is 0 Å². The van der Waals surface area contributed by atoms with Crippen molar-refractivity contribution in [2.75, 3.05) is 6.54 Å². The largest absolute Gasteiger partial charge is 0.413 e. The Labute approximate surface area is 150 Å². The van der Waals surface area contributed by atoms with Gasteiger partial charge in [-0.3, -0.25) is 4.79 Å². The van der Waals surface area contributed by atoms with Crippen LogP contribution in [0.25, 0.3) is 0 Å². The molecule has 1 heterocycles. The summed E-state index contributed by atoms with van der Waals surface area (Å²) in [6.45, 7) is 4.28. The minimum Gasteiger partial charge on any atom is -0.336 e. The van der Waals surface area contributed by atoms with Crippen LogP contribution in [-0.2, 0) is 4.79 Å². The molecule has 0 radical (unpaired) electrons. The zero-order valence-electron chi connectivity index (χ0n) is 14.3. The lowest BCUT2D eigenvalue weighted by Crippen LogP contribution is -2.42. The van der Waals surface area contributed by atoms with E-state index >= 15 is 0 Å². The number of hydrogen-bond donors (Lipinski definition) is 0. The Bertz CT molecular complexity index is 633. The Kier molecular flexibility index (Phi) is 6.35. The summed E-state index contributed by atoms with van der Waals surface area (Å²) in [4.78, 5) is 14.1. The fraction of sp³-hybridized carbons (Fsp3) is 0.611. The molecule has 1 aliphatic carbocycles. The van der Waals surface area contributed by atoms with Gasteiger partial charge in [0.05, 0.1) is 5.03 Å². The molecular weight excluding hydrogens is 358 g/mol. The summed E-state index contributed by atoms with van der Waals surface area (Å²) >= 11 is 5.76. The summed E-state index contributed by atoms with van der Waals surface area (Å²) in [7, 11) is 0. The number of halogens is 5. The third-order valence-corrected chi connectivity index (χ3v) is 5.11. The molecule has 0 bridgehead atoms. The van der Waals surface area contributed by atoms with Crippen LogP contribution in [0.5, 0.6) is 0 Å². The average molecular weight is 380 g/mol. The van der Waals surface area contributed by atoms with Gasteiger partial charge in [-0.15, -0.1) is 0 Å². The molecule has 1 amide bonds. The van der Waals surface area contributed by atoms with E-state index in [2.05, 4.69) is 0 Å². The van der Waals surface area contributed by atoms with Crippen LogP contribution in [0.2, 0.25) is 0 Å². The Hall–Kier alpha value is -1.30. The maximum absolute atomic E-state index is 14.4. The van der Waals surface area contributed by atoms with Gasteiger partial charge in [0.25, 0.3) is 0 Å². The zero-order chi connectivity index (χ0) is 18.8. The maximum Gasteiger partial charge on any atom is 0.413 e. The first-order valence-corrected chi connectivity index (χ1v) is 8.94. The molecule has 0 saturated heterocycles. The molecule has 1 aliphatic heterocycles. The fourth-order valence-electron chi connectivity index (χ4n) is 3.48. The Morgan fingerprint density at radius 2 is 1.92 bits per heavy atom. The predicted molar refractivity (Wildman–Crippen MR) is 89.7 cm³/mol. The third kappa shape index (κ3) is 4.27. The highest BCUT2D eigenvalue weighted by atomic mass is 35.5. The first-order valence-electron chi connectivity index (χ1n) is 8.57. The van der Waals surface area contributed by atoms with Gasteiger partial charge in [0.15, 0.2) is 0 Å². The maximum atomic E-state index is 14.4. The van der Waals surface area contributed by atoms with Crippen LogP contribution in [0.3, 0.4) is 0 Å². The SMILES string of the molecule is CCCC(CC)N1CCC(C2=C(C(F)(F)F)CCC(Cl)=C2F)=CC1=O. The number of nitrogens with zero attached hydrogens (tertiary/aromatic N) is 1. The minimum atomic E-state index is -4.64. The molecule has 2 aliphatic rings. The topological polar surface area (TPSA) is 20.3 Å².